The van der Waals surface area contributed by atoms with Gasteiger partial charge in [0.1, 0.15) is 11.7 Å². The van der Waals surface area contributed by atoms with Gasteiger partial charge in [0.25, 0.3) is 0 Å². The number of nitrogens with two attached hydrogens (primary N) is 1. The Hall–Kier alpha value is -4.19. The number of likely N-dealkylation sites (tertiary alicyclic amines) is 3. The fourth-order valence-electron chi connectivity index (χ4n) is 7.93. The van der Waals surface area contributed by atoms with E-state index in [9.17, 15) is 13.2 Å². The average Bonchev–Trinajstić information content (AvgIpc) is 3.07. The second-order valence-electron chi connectivity index (χ2n) is 13.9. The van der Waals surface area contributed by atoms with Crippen LogP contribution in [0.2, 0.25) is 0 Å². The summed E-state index contributed by atoms with van der Waals surface area (Å²) in [6.45, 7) is 11.9. The van der Waals surface area contributed by atoms with Crippen molar-refractivity contribution in [2.75, 3.05) is 58.6 Å². The maximum Gasteiger partial charge on any atom is 0.389 e. The number of hydrogen-bond donors (Lipinski definition) is 2. The van der Waals surface area contributed by atoms with E-state index < -0.39 is 12.6 Å². The number of allylic oxidation sites excluding steroid dienone is 4. The number of aliphatic imine (C=N–C) groups is 2. The lowest BCUT2D eigenvalue weighted by molar-refractivity contribution is -0.133. The van der Waals surface area contributed by atoms with Gasteiger partial charge in [-0.3, -0.25) is 0 Å². The van der Waals surface area contributed by atoms with Gasteiger partial charge >= 0.3 is 6.18 Å². The van der Waals surface area contributed by atoms with Crippen molar-refractivity contribution < 1.29 is 13.2 Å². The van der Waals surface area contributed by atoms with Crippen molar-refractivity contribution in [2.45, 2.75) is 64.5 Å². The molecule has 1 aromatic rings. The fraction of sp³-hybridized carbons (Fsp3) is 0.526. The SMILES string of the molecule is C#C/C(C=C)=C(\C(CCC(F)(F)F)=C1/CC(N2CCC3(CC2)CN(C)C3)=NC(C2CCN(CCC#N)CC2)=N1)c1c(C)ccc(N)c1C=N. The topological polar surface area (TPSA) is 108 Å². The zero-order valence-electron chi connectivity index (χ0n) is 28.7. The Labute approximate surface area is 288 Å². The number of hydrogen-bond acceptors (Lipinski definition) is 8. The number of rotatable bonds is 9. The molecule has 0 saturated carbocycles. The molecule has 3 N–H and O–H groups in total. The number of alkyl halides is 3. The Balaban J connectivity index is 1.65. The molecule has 3 saturated heterocycles. The molecule has 0 radical (unpaired) electrons. The Morgan fingerprint density at radius 1 is 1.18 bits per heavy atom. The molecule has 11 heteroatoms. The second kappa shape index (κ2) is 15.1. The normalized spacial score (nSPS) is 21.9. The van der Waals surface area contributed by atoms with Crippen LogP contribution < -0.4 is 5.73 Å². The van der Waals surface area contributed by atoms with Crippen molar-refractivity contribution in [1.82, 2.24) is 14.7 Å². The molecule has 0 amide bonds. The third-order valence-corrected chi connectivity index (χ3v) is 10.5. The molecule has 8 nitrogen and oxygen atoms in total. The Bertz CT molecular complexity index is 1640. The molecule has 49 heavy (non-hydrogen) atoms. The third kappa shape index (κ3) is 8.17. The summed E-state index contributed by atoms with van der Waals surface area (Å²) in [5.74, 6) is 4.16. The van der Waals surface area contributed by atoms with E-state index in [4.69, 9.17) is 32.8 Å². The molecule has 3 fully saturated rings. The summed E-state index contributed by atoms with van der Waals surface area (Å²) < 4.78 is 42.2. The highest BCUT2D eigenvalue weighted by Gasteiger charge is 2.44. The molecule has 0 unspecified atom stereocenters. The highest BCUT2D eigenvalue weighted by atomic mass is 19.4. The minimum atomic E-state index is -4.43. The van der Waals surface area contributed by atoms with Gasteiger partial charge in [-0.15, -0.1) is 6.42 Å². The molecule has 0 aliphatic carbocycles. The minimum Gasteiger partial charge on any atom is -0.398 e. The lowest BCUT2D eigenvalue weighted by Gasteiger charge is -2.53. The number of nitrogens with zero attached hydrogens (tertiary/aromatic N) is 6. The van der Waals surface area contributed by atoms with Crippen molar-refractivity contribution in [3.63, 3.8) is 0 Å². The van der Waals surface area contributed by atoms with Crippen LogP contribution in [0.4, 0.5) is 18.9 Å². The van der Waals surface area contributed by atoms with Crippen LogP contribution in [0.5, 0.6) is 0 Å². The smallest absolute Gasteiger partial charge is 0.389 e. The average molecular weight is 673 g/mol. The zero-order valence-corrected chi connectivity index (χ0v) is 28.7. The molecule has 5 rings (SSSR count). The highest BCUT2D eigenvalue weighted by Crippen LogP contribution is 2.43. The summed E-state index contributed by atoms with van der Waals surface area (Å²) in [6.07, 6.45) is 7.18. The second-order valence-corrected chi connectivity index (χ2v) is 13.9. The largest absolute Gasteiger partial charge is 0.398 e. The van der Waals surface area contributed by atoms with Crippen LogP contribution in [0.3, 0.4) is 0 Å². The van der Waals surface area contributed by atoms with Gasteiger partial charge in [-0.1, -0.05) is 24.6 Å². The van der Waals surface area contributed by atoms with Gasteiger partial charge in [0.15, 0.2) is 0 Å². The van der Waals surface area contributed by atoms with Crippen LogP contribution in [0.25, 0.3) is 5.57 Å². The fourth-order valence-corrected chi connectivity index (χ4v) is 7.93. The maximum atomic E-state index is 14.1. The summed E-state index contributed by atoms with van der Waals surface area (Å²) in [6, 6.07) is 5.71. The standard InChI is InChI=1S/C38H47F3N8/c1-5-27(6-2)35(34-26(3)8-9-31(44)30(34)23-43)29(10-13-38(39,40)41)32-22-33(49-20-14-37(15-21-49)24-47(4)25-37)46-36(45-32)28-11-18-48(19-12-28)17-7-16-42/h1,6,8-9,23,28,43H,2,7,10-15,17-22,24-25,44H2,3-4H3/b32-29+,35-27-,43-23?. The number of benzene rings is 1. The molecule has 1 aromatic carbocycles. The number of nitrogen functional groups attached to an aromatic ring is 1. The van der Waals surface area contributed by atoms with E-state index in [-0.39, 0.29) is 18.8 Å². The van der Waals surface area contributed by atoms with E-state index in [1.54, 1.807) is 12.1 Å². The molecule has 4 heterocycles. The lowest BCUT2D eigenvalue weighted by Crippen LogP contribution is -2.59. The molecule has 1 spiro atoms. The molecule has 0 aromatic heterocycles. The van der Waals surface area contributed by atoms with Gasteiger partial charge in [-0.25, -0.2) is 9.98 Å². The molecule has 0 atom stereocenters. The van der Waals surface area contributed by atoms with Crippen molar-refractivity contribution in [2.24, 2.45) is 21.3 Å². The Kier molecular flexibility index (Phi) is 11.2. The van der Waals surface area contributed by atoms with E-state index in [0.29, 0.717) is 63.4 Å². The van der Waals surface area contributed by atoms with Crippen LogP contribution in [0.1, 0.15) is 68.1 Å². The summed E-state index contributed by atoms with van der Waals surface area (Å²) in [4.78, 5) is 17.2. The van der Waals surface area contributed by atoms with Gasteiger partial charge in [0.2, 0.25) is 0 Å². The number of terminal acetylenes is 1. The number of piperidine rings is 2. The van der Waals surface area contributed by atoms with Crippen LogP contribution in [-0.2, 0) is 0 Å². The van der Waals surface area contributed by atoms with Crippen LogP contribution in [-0.4, -0.2) is 91.6 Å². The van der Waals surface area contributed by atoms with Crippen molar-refractivity contribution >= 4 is 29.1 Å². The van der Waals surface area contributed by atoms with Gasteiger partial charge in [-0.2, -0.15) is 18.4 Å². The molecular formula is C38H47F3N8. The molecule has 4 aliphatic heterocycles. The summed E-state index contributed by atoms with van der Waals surface area (Å²) in [5.41, 5.74) is 10.3. The van der Waals surface area contributed by atoms with E-state index in [1.807, 2.05) is 6.92 Å². The lowest BCUT2D eigenvalue weighted by atomic mass is 9.72. The van der Waals surface area contributed by atoms with Crippen molar-refractivity contribution in [1.29, 1.82) is 10.7 Å². The molecule has 0 bridgehead atoms. The number of nitrogens with one attached hydrogen (secondary N) is 1. The highest BCUT2D eigenvalue weighted by molar-refractivity contribution is 6.04. The van der Waals surface area contributed by atoms with Crippen molar-refractivity contribution in [3.8, 4) is 18.4 Å². The van der Waals surface area contributed by atoms with Gasteiger partial charge in [-0.05, 0) is 87.3 Å². The number of nitriles is 1. The van der Waals surface area contributed by atoms with Crippen LogP contribution in [0.15, 0.2) is 51.6 Å². The van der Waals surface area contributed by atoms with Gasteiger partial charge in [0, 0.05) is 86.5 Å². The first-order valence-electron chi connectivity index (χ1n) is 17.1. The van der Waals surface area contributed by atoms with Crippen molar-refractivity contribution in [3.05, 3.63) is 58.3 Å². The summed E-state index contributed by atoms with van der Waals surface area (Å²) in [5, 5.41) is 17.3. The monoisotopic (exact) mass is 672 g/mol. The molecule has 260 valence electrons. The molecule has 4 aliphatic rings. The number of halogens is 3. The first kappa shape index (κ1) is 36.1. The summed E-state index contributed by atoms with van der Waals surface area (Å²) in [7, 11) is 2.14. The Morgan fingerprint density at radius 3 is 2.45 bits per heavy atom. The predicted molar refractivity (Wildman–Crippen MR) is 191 cm³/mol. The summed E-state index contributed by atoms with van der Waals surface area (Å²) >= 11 is 0. The molecular weight excluding hydrogens is 625 g/mol. The van der Waals surface area contributed by atoms with Crippen LogP contribution in [0, 0.1) is 47.3 Å². The van der Waals surface area contributed by atoms with E-state index >= 15 is 0 Å². The number of anilines is 1. The quantitative estimate of drug-likeness (QED) is 0.133. The maximum absolute atomic E-state index is 14.1. The number of amidine groups is 2. The first-order valence-corrected chi connectivity index (χ1v) is 17.1. The first-order chi connectivity index (χ1) is 23.4. The third-order valence-electron chi connectivity index (χ3n) is 10.5. The van der Waals surface area contributed by atoms with Gasteiger partial charge in [0.05, 0.1) is 11.8 Å². The minimum absolute atomic E-state index is 0.0223. The van der Waals surface area contributed by atoms with E-state index in [0.717, 1.165) is 82.6 Å². The van der Waals surface area contributed by atoms with Gasteiger partial charge < -0.3 is 25.8 Å². The van der Waals surface area contributed by atoms with Crippen LogP contribution >= 0.6 is 0 Å². The number of aryl methyl sites for hydroxylation is 1. The Morgan fingerprint density at radius 2 is 1.88 bits per heavy atom. The predicted octanol–water partition coefficient (Wildman–Crippen LogP) is 6.60. The van der Waals surface area contributed by atoms with E-state index in [2.05, 4.69) is 40.3 Å². The van der Waals surface area contributed by atoms with E-state index in [1.165, 1.54) is 6.08 Å². The zero-order chi connectivity index (χ0) is 35.3.